The van der Waals surface area contributed by atoms with Crippen molar-refractivity contribution in [3.05, 3.63) is 12.3 Å². The zero-order valence-corrected chi connectivity index (χ0v) is 11.2. The van der Waals surface area contributed by atoms with Crippen molar-refractivity contribution in [3.63, 3.8) is 0 Å². The summed E-state index contributed by atoms with van der Waals surface area (Å²) in [7, 11) is 0. The first-order valence-electron chi connectivity index (χ1n) is 5.87. The number of rotatable bonds is 6. The summed E-state index contributed by atoms with van der Waals surface area (Å²) < 4.78 is 0. The Labute approximate surface area is 99.2 Å². The molecule has 0 fully saturated rings. The third kappa shape index (κ3) is 6.38. The second kappa shape index (κ2) is 7.20. The van der Waals surface area contributed by atoms with Gasteiger partial charge in [-0.05, 0) is 13.3 Å². The van der Waals surface area contributed by atoms with Crippen LogP contribution in [0.25, 0.3) is 0 Å². The summed E-state index contributed by atoms with van der Waals surface area (Å²) >= 11 is 0. The van der Waals surface area contributed by atoms with Crippen LogP contribution in [-0.4, -0.2) is 23.6 Å². The van der Waals surface area contributed by atoms with E-state index < -0.39 is 0 Å². The van der Waals surface area contributed by atoms with Crippen LogP contribution in [-0.2, 0) is 4.79 Å². The Kier molecular flexibility index (Phi) is 6.70. The Hall–Kier alpha value is -1.12. The molecule has 0 aromatic heterocycles. The fourth-order valence-corrected chi connectivity index (χ4v) is 1.03. The van der Waals surface area contributed by atoms with E-state index in [0.717, 1.165) is 12.8 Å². The monoisotopic (exact) mass is 224 g/mol. The Morgan fingerprint density at radius 2 is 2.00 bits per heavy atom. The number of allylic oxidation sites excluding steroid dienone is 1. The van der Waals surface area contributed by atoms with Gasteiger partial charge in [0.05, 0.1) is 6.54 Å². The molecule has 0 unspecified atom stereocenters. The molecule has 0 spiro atoms. The fourth-order valence-electron chi connectivity index (χ4n) is 1.03. The molecule has 0 aromatic rings. The van der Waals surface area contributed by atoms with Crippen LogP contribution < -0.4 is 0 Å². The highest BCUT2D eigenvalue weighted by atomic mass is 16.1. The minimum atomic E-state index is -0.305. The molecule has 3 heteroatoms. The van der Waals surface area contributed by atoms with Crippen LogP contribution in [0.15, 0.2) is 17.4 Å². The topological polar surface area (TPSA) is 32.7 Å². The first-order valence-corrected chi connectivity index (χ1v) is 5.87. The van der Waals surface area contributed by atoms with Crippen molar-refractivity contribution in [2.75, 3.05) is 6.54 Å². The van der Waals surface area contributed by atoms with Crippen molar-refractivity contribution in [2.45, 2.75) is 47.5 Å². The number of carbonyl (C=O) groups is 1. The summed E-state index contributed by atoms with van der Waals surface area (Å²) in [5.74, 6) is 0.194. The van der Waals surface area contributed by atoms with Gasteiger partial charge in [0.1, 0.15) is 0 Å². The zero-order chi connectivity index (χ0) is 12.6. The van der Waals surface area contributed by atoms with Gasteiger partial charge in [0, 0.05) is 17.8 Å². The molecule has 0 aliphatic rings. The fraction of sp³-hybridized carbons (Fsp3) is 0.692. The van der Waals surface area contributed by atoms with Gasteiger partial charge < -0.3 is 0 Å². The summed E-state index contributed by atoms with van der Waals surface area (Å²) in [5.41, 5.74) is -0.305. The molecule has 3 nitrogen and oxygen atoms in total. The molecule has 0 rings (SSSR count). The van der Waals surface area contributed by atoms with Gasteiger partial charge in [0.25, 0.3) is 0 Å². The molecule has 0 bridgehead atoms. The highest BCUT2D eigenvalue weighted by Gasteiger charge is 2.22. The maximum atomic E-state index is 11.8. The van der Waals surface area contributed by atoms with E-state index in [1.165, 1.54) is 0 Å². The lowest BCUT2D eigenvalue weighted by Crippen LogP contribution is -2.30. The van der Waals surface area contributed by atoms with E-state index in [9.17, 15) is 4.79 Å². The average molecular weight is 224 g/mol. The second-order valence-corrected chi connectivity index (χ2v) is 4.82. The minimum absolute atomic E-state index is 0.194. The van der Waals surface area contributed by atoms with Crippen LogP contribution in [0.5, 0.6) is 0 Å². The molecule has 0 saturated carbocycles. The van der Waals surface area contributed by atoms with Gasteiger partial charge in [-0.15, -0.1) is 0 Å². The maximum absolute atomic E-state index is 11.8. The van der Waals surface area contributed by atoms with E-state index in [0.29, 0.717) is 6.54 Å². The molecule has 0 saturated heterocycles. The van der Waals surface area contributed by atoms with Crippen LogP contribution in [0.1, 0.15) is 47.5 Å². The van der Waals surface area contributed by atoms with E-state index in [1.54, 1.807) is 11.2 Å². The van der Waals surface area contributed by atoms with Gasteiger partial charge in [-0.1, -0.05) is 40.2 Å². The summed E-state index contributed by atoms with van der Waals surface area (Å²) in [6.07, 6.45) is 7.75. The number of unbranched alkanes of at least 4 members (excludes halogenated alkanes) is 1. The molecule has 0 N–H and O–H groups in total. The number of Topliss-reactive ketones (excluding diaryl/α,β-unsaturated/α-hetero) is 1. The molecule has 0 amide bonds. The van der Waals surface area contributed by atoms with Gasteiger partial charge in [0.15, 0.2) is 5.78 Å². The third-order valence-electron chi connectivity index (χ3n) is 2.14. The summed E-state index contributed by atoms with van der Waals surface area (Å²) in [6.45, 7) is 10.1. The Morgan fingerprint density at radius 3 is 2.44 bits per heavy atom. The molecule has 0 aliphatic carbocycles. The highest BCUT2D eigenvalue weighted by molar-refractivity contribution is 5.85. The van der Waals surface area contributed by atoms with E-state index >= 15 is 0 Å². The Balaban J connectivity index is 4.40. The number of nitrogens with zero attached hydrogens (tertiary/aromatic N) is 2. The van der Waals surface area contributed by atoms with Crippen LogP contribution in [0.3, 0.4) is 0 Å². The molecular formula is C13H24N2O. The highest BCUT2D eigenvalue weighted by Crippen LogP contribution is 2.15. The third-order valence-corrected chi connectivity index (χ3v) is 2.14. The van der Waals surface area contributed by atoms with E-state index in [4.69, 9.17) is 0 Å². The summed E-state index contributed by atoms with van der Waals surface area (Å²) in [4.78, 5) is 11.8. The van der Waals surface area contributed by atoms with E-state index in [-0.39, 0.29) is 11.2 Å². The molecule has 0 atom stereocenters. The first-order chi connectivity index (χ1) is 7.41. The Morgan fingerprint density at radius 1 is 1.38 bits per heavy atom. The number of hydrogen-bond acceptors (Lipinski definition) is 3. The van der Waals surface area contributed by atoms with Gasteiger partial charge in [-0.2, -0.15) is 5.10 Å². The molecule has 0 aliphatic heterocycles. The quantitative estimate of drug-likeness (QED) is 0.512. The first kappa shape index (κ1) is 14.9. The number of hydrogen-bond donors (Lipinski definition) is 0. The predicted molar refractivity (Wildman–Crippen MR) is 69.4 cm³/mol. The van der Waals surface area contributed by atoms with Crippen LogP contribution in [0.4, 0.5) is 0 Å². The summed E-state index contributed by atoms with van der Waals surface area (Å²) in [6, 6.07) is 0. The number of carbonyl (C=O) groups excluding carboxylic acids is 1. The standard InChI is InChI=1S/C13H24N2O/c1-6-8-9-10-15(14-7-2)11-12(16)13(3,4)5/h7,9-10H,6,8,11H2,1-5H3/b10-9+,14-7-. The van der Waals surface area contributed by atoms with Gasteiger partial charge in [-0.3, -0.25) is 9.80 Å². The van der Waals surface area contributed by atoms with Gasteiger partial charge in [-0.25, -0.2) is 0 Å². The Bertz CT molecular complexity index is 262. The summed E-state index contributed by atoms with van der Waals surface area (Å²) in [5, 5.41) is 5.85. The lowest BCUT2D eigenvalue weighted by Gasteiger charge is -2.20. The van der Waals surface area contributed by atoms with Crippen LogP contribution in [0, 0.1) is 5.41 Å². The normalized spacial score (nSPS) is 12.6. The zero-order valence-electron chi connectivity index (χ0n) is 11.2. The largest absolute Gasteiger partial charge is 0.297 e. The number of ketones is 1. The SMILES string of the molecule is C/C=N\N(/C=C/CCC)CC(=O)C(C)(C)C. The molecule has 16 heavy (non-hydrogen) atoms. The van der Waals surface area contributed by atoms with Crippen molar-refractivity contribution in [2.24, 2.45) is 10.5 Å². The molecule has 92 valence electrons. The van der Waals surface area contributed by atoms with Crippen molar-refractivity contribution in [1.29, 1.82) is 0 Å². The van der Waals surface area contributed by atoms with Crippen LogP contribution >= 0.6 is 0 Å². The number of hydrazone groups is 1. The smallest absolute Gasteiger partial charge is 0.159 e. The van der Waals surface area contributed by atoms with Gasteiger partial charge in [0.2, 0.25) is 0 Å². The minimum Gasteiger partial charge on any atom is -0.297 e. The second-order valence-electron chi connectivity index (χ2n) is 4.82. The molecule has 0 heterocycles. The van der Waals surface area contributed by atoms with E-state index in [2.05, 4.69) is 12.0 Å². The average Bonchev–Trinajstić information content (AvgIpc) is 2.16. The predicted octanol–water partition coefficient (Wildman–Crippen LogP) is 3.22. The maximum Gasteiger partial charge on any atom is 0.159 e. The van der Waals surface area contributed by atoms with Crippen LogP contribution in [0.2, 0.25) is 0 Å². The molecule has 0 aromatic carbocycles. The lowest BCUT2D eigenvalue weighted by molar-refractivity contribution is -0.126. The lowest BCUT2D eigenvalue weighted by atomic mass is 9.91. The van der Waals surface area contributed by atoms with Crippen molar-refractivity contribution >= 4 is 12.0 Å². The van der Waals surface area contributed by atoms with Gasteiger partial charge >= 0.3 is 0 Å². The van der Waals surface area contributed by atoms with E-state index in [1.807, 2.05) is 40.0 Å². The molecular weight excluding hydrogens is 200 g/mol. The van der Waals surface area contributed by atoms with Crippen molar-refractivity contribution < 1.29 is 4.79 Å². The molecule has 0 radical (unpaired) electrons. The van der Waals surface area contributed by atoms with Crippen molar-refractivity contribution in [3.8, 4) is 0 Å². The van der Waals surface area contributed by atoms with Crippen molar-refractivity contribution in [1.82, 2.24) is 5.01 Å².